The molecule has 0 unspecified atom stereocenters. The standard InChI is InChI=1S/C9H6FNO2/c10-4-5-1-2-7-6(3-5)8(12)9(13)11-7/h1-3H,4H2,(H,11,12,13). The number of ketones is 1. The summed E-state index contributed by atoms with van der Waals surface area (Å²) in [5.74, 6) is -1.24. The van der Waals surface area contributed by atoms with Gasteiger partial charge in [-0.15, -0.1) is 0 Å². The number of hydrogen-bond donors (Lipinski definition) is 1. The smallest absolute Gasteiger partial charge is 0.296 e. The Labute approximate surface area is 73.6 Å². The van der Waals surface area contributed by atoms with E-state index in [-0.39, 0.29) is 5.56 Å². The van der Waals surface area contributed by atoms with Crippen molar-refractivity contribution in [1.82, 2.24) is 0 Å². The van der Waals surface area contributed by atoms with Crippen LogP contribution in [0.25, 0.3) is 0 Å². The molecule has 3 nitrogen and oxygen atoms in total. The van der Waals surface area contributed by atoms with Crippen LogP contribution in [0.3, 0.4) is 0 Å². The van der Waals surface area contributed by atoms with Crippen LogP contribution in [0.2, 0.25) is 0 Å². The molecule has 13 heavy (non-hydrogen) atoms. The zero-order valence-corrected chi connectivity index (χ0v) is 6.63. The van der Waals surface area contributed by atoms with Crippen molar-refractivity contribution in [1.29, 1.82) is 0 Å². The Balaban J connectivity index is 2.54. The van der Waals surface area contributed by atoms with Crippen molar-refractivity contribution >= 4 is 17.4 Å². The van der Waals surface area contributed by atoms with Crippen LogP contribution in [0.5, 0.6) is 0 Å². The highest BCUT2D eigenvalue weighted by Crippen LogP contribution is 2.24. The van der Waals surface area contributed by atoms with Crippen LogP contribution in [0.1, 0.15) is 15.9 Å². The molecular weight excluding hydrogens is 173 g/mol. The third-order valence-corrected chi connectivity index (χ3v) is 1.94. The highest BCUT2D eigenvalue weighted by Gasteiger charge is 2.27. The van der Waals surface area contributed by atoms with Gasteiger partial charge >= 0.3 is 0 Å². The number of carbonyl (C=O) groups excluding carboxylic acids is 2. The number of rotatable bonds is 1. The first kappa shape index (κ1) is 7.91. The lowest BCUT2D eigenvalue weighted by molar-refractivity contribution is -0.112. The number of anilines is 1. The van der Waals surface area contributed by atoms with Crippen LogP contribution < -0.4 is 5.32 Å². The first-order chi connectivity index (χ1) is 6.22. The maximum absolute atomic E-state index is 12.2. The molecule has 1 N–H and O–H groups in total. The molecule has 1 heterocycles. The Hall–Kier alpha value is -1.71. The summed E-state index contributed by atoms with van der Waals surface area (Å²) >= 11 is 0. The second-order valence-electron chi connectivity index (χ2n) is 2.80. The fourth-order valence-corrected chi connectivity index (χ4v) is 1.27. The normalized spacial score (nSPS) is 14.2. The molecule has 1 aliphatic heterocycles. The molecule has 0 atom stereocenters. The van der Waals surface area contributed by atoms with E-state index in [0.717, 1.165) is 0 Å². The molecular formula is C9H6FNO2. The summed E-state index contributed by atoms with van der Waals surface area (Å²) in [4.78, 5) is 22.0. The molecule has 1 aromatic carbocycles. The predicted molar refractivity (Wildman–Crippen MR) is 44.2 cm³/mol. The average Bonchev–Trinajstić information content (AvgIpc) is 2.43. The molecule has 0 saturated heterocycles. The van der Waals surface area contributed by atoms with E-state index in [9.17, 15) is 14.0 Å². The monoisotopic (exact) mass is 179 g/mol. The molecule has 4 heteroatoms. The van der Waals surface area contributed by atoms with E-state index in [4.69, 9.17) is 0 Å². The first-order valence-corrected chi connectivity index (χ1v) is 3.77. The van der Waals surface area contributed by atoms with Gasteiger partial charge in [0.1, 0.15) is 6.67 Å². The van der Waals surface area contributed by atoms with Crippen LogP contribution in [0.4, 0.5) is 10.1 Å². The largest absolute Gasteiger partial charge is 0.318 e. The summed E-state index contributed by atoms with van der Waals surface area (Å²) in [5, 5.41) is 2.39. The third kappa shape index (κ3) is 1.11. The minimum absolute atomic E-state index is 0.264. The van der Waals surface area contributed by atoms with E-state index >= 15 is 0 Å². The lowest BCUT2D eigenvalue weighted by Gasteiger charge is -1.97. The highest BCUT2D eigenvalue weighted by atomic mass is 19.1. The van der Waals surface area contributed by atoms with Gasteiger partial charge in [-0.25, -0.2) is 4.39 Å². The Bertz CT molecular complexity index is 401. The van der Waals surface area contributed by atoms with E-state index in [1.54, 1.807) is 0 Å². The van der Waals surface area contributed by atoms with Crippen molar-refractivity contribution < 1.29 is 14.0 Å². The first-order valence-electron chi connectivity index (χ1n) is 3.77. The summed E-state index contributed by atoms with van der Waals surface area (Å²) in [6.07, 6.45) is 0. The molecule has 0 aromatic heterocycles. The van der Waals surface area contributed by atoms with Gasteiger partial charge in [0, 0.05) is 0 Å². The fraction of sp³-hybridized carbons (Fsp3) is 0.111. The Kier molecular flexibility index (Phi) is 1.62. The van der Waals surface area contributed by atoms with Crippen LogP contribution in [0, 0.1) is 0 Å². The number of benzene rings is 1. The van der Waals surface area contributed by atoms with Gasteiger partial charge in [-0.3, -0.25) is 9.59 Å². The van der Waals surface area contributed by atoms with Crippen molar-refractivity contribution in [3.05, 3.63) is 29.3 Å². The molecule has 0 bridgehead atoms. The van der Waals surface area contributed by atoms with Crippen LogP contribution in [-0.2, 0) is 11.5 Å². The Morgan fingerprint density at radius 3 is 2.77 bits per heavy atom. The number of carbonyl (C=O) groups is 2. The zero-order chi connectivity index (χ0) is 9.42. The molecule has 66 valence electrons. The summed E-state index contributed by atoms with van der Waals surface area (Å²) in [5.41, 5.74) is 1.14. The van der Waals surface area contributed by atoms with Crippen molar-refractivity contribution in [2.75, 3.05) is 5.32 Å². The average molecular weight is 179 g/mol. The van der Waals surface area contributed by atoms with E-state index < -0.39 is 18.4 Å². The predicted octanol–water partition coefficient (Wildman–Crippen LogP) is 1.29. The van der Waals surface area contributed by atoms with Gasteiger partial charge in [0.15, 0.2) is 0 Å². The molecule has 2 rings (SSSR count). The Morgan fingerprint density at radius 2 is 2.08 bits per heavy atom. The molecule has 0 fully saturated rings. The molecule has 1 aromatic rings. The minimum atomic E-state index is -0.647. The lowest BCUT2D eigenvalue weighted by Crippen LogP contribution is -2.12. The number of hydrogen-bond acceptors (Lipinski definition) is 2. The number of alkyl halides is 1. The van der Waals surface area contributed by atoms with E-state index in [2.05, 4.69) is 5.32 Å². The van der Waals surface area contributed by atoms with Gasteiger partial charge in [0.05, 0.1) is 11.3 Å². The number of halogens is 1. The van der Waals surface area contributed by atoms with Gasteiger partial charge in [0.2, 0.25) is 0 Å². The van der Waals surface area contributed by atoms with E-state index in [1.165, 1.54) is 18.2 Å². The number of amides is 1. The topological polar surface area (TPSA) is 46.2 Å². The van der Waals surface area contributed by atoms with Crippen molar-refractivity contribution in [2.24, 2.45) is 0 Å². The zero-order valence-electron chi connectivity index (χ0n) is 6.63. The summed E-state index contributed by atoms with van der Waals surface area (Å²) < 4.78 is 12.2. The van der Waals surface area contributed by atoms with Crippen molar-refractivity contribution in [3.8, 4) is 0 Å². The van der Waals surface area contributed by atoms with Crippen LogP contribution >= 0.6 is 0 Å². The number of fused-ring (bicyclic) bond motifs is 1. The maximum atomic E-state index is 12.2. The number of Topliss-reactive ketones (excluding diaryl/α,β-unsaturated/α-hetero) is 1. The molecule has 0 aliphatic carbocycles. The Morgan fingerprint density at radius 1 is 1.31 bits per heavy atom. The van der Waals surface area contributed by atoms with Gasteiger partial charge < -0.3 is 5.32 Å². The summed E-state index contributed by atoms with van der Waals surface area (Å²) in [7, 11) is 0. The summed E-state index contributed by atoms with van der Waals surface area (Å²) in [6.45, 7) is -0.630. The molecule has 0 saturated carbocycles. The van der Waals surface area contributed by atoms with Crippen molar-refractivity contribution in [2.45, 2.75) is 6.67 Å². The lowest BCUT2D eigenvalue weighted by atomic mass is 10.1. The molecule has 0 radical (unpaired) electrons. The van der Waals surface area contributed by atoms with E-state index in [0.29, 0.717) is 11.3 Å². The van der Waals surface area contributed by atoms with Gasteiger partial charge in [-0.2, -0.15) is 0 Å². The SMILES string of the molecule is O=C1Nc2ccc(CF)cc2C1=O. The summed E-state index contributed by atoms with van der Waals surface area (Å²) in [6, 6.07) is 4.47. The second-order valence-corrected chi connectivity index (χ2v) is 2.80. The molecule has 0 spiro atoms. The van der Waals surface area contributed by atoms with E-state index in [1.807, 2.05) is 0 Å². The third-order valence-electron chi connectivity index (χ3n) is 1.94. The maximum Gasteiger partial charge on any atom is 0.296 e. The minimum Gasteiger partial charge on any atom is -0.318 e. The second kappa shape index (κ2) is 2.65. The number of nitrogens with one attached hydrogen (secondary N) is 1. The van der Waals surface area contributed by atoms with Gasteiger partial charge in [-0.1, -0.05) is 6.07 Å². The molecule has 1 aliphatic rings. The fourth-order valence-electron chi connectivity index (χ4n) is 1.27. The van der Waals surface area contributed by atoms with Gasteiger partial charge in [0.25, 0.3) is 11.7 Å². The van der Waals surface area contributed by atoms with Crippen molar-refractivity contribution in [3.63, 3.8) is 0 Å². The molecule has 1 amide bonds. The highest BCUT2D eigenvalue weighted by molar-refractivity contribution is 6.51. The van der Waals surface area contributed by atoms with Crippen LogP contribution in [-0.4, -0.2) is 11.7 Å². The van der Waals surface area contributed by atoms with Crippen LogP contribution in [0.15, 0.2) is 18.2 Å². The van der Waals surface area contributed by atoms with Gasteiger partial charge in [-0.05, 0) is 17.7 Å². The quantitative estimate of drug-likeness (QED) is 0.660.